The molecule has 0 fully saturated rings. The molecule has 0 unspecified atom stereocenters. The van der Waals surface area contributed by atoms with E-state index in [2.05, 4.69) is 25.3 Å². The van der Waals surface area contributed by atoms with Gasteiger partial charge >= 0.3 is 0 Å². The maximum absolute atomic E-state index is 13.1. The number of benzene rings is 3. The molecule has 3 rings (SSSR count). The van der Waals surface area contributed by atoms with Crippen LogP contribution in [0.5, 0.6) is 5.75 Å². The van der Waals surface area contributed by atoms with Gasteiger partial charge in [0.2, 0.25) is 0 Å². The molecule has 4 nitrogen and oxygen atoms in total. The van der Waals surface area contributed by atoms with E-state index in [1.165, 1.54) is 12.1 Å². The van der Waals surface area contributed by atoms with E-state index in [1.54, 1.807) is 19.2 Å². The molecule has 0 radical (unpaired) electrons. The number of rotatable bonds is 8. The lowest BCUT2D eigenvalue weighted by molar-refractivity contribution is -0.116. The van der Waals surface area contributed by atoms with Crippen molar-refractivity contribution in [1.29, 1.82) is 5.26 Å². The number of hydrogen-bond donors (Lipinski definition) is 2. The van der Waals surface area contributed by atoms with E-state index in [4.69, 9.17) is 10.00 Å². The number of thiol groups is 2. The SMILES string of the molecule is COc1ccc(-c2ccccc2)cc1CC(=O)CS.N#Cc1c(F)cccc1CC(=O)CS. The van der Waals surface area contributed by atoms with Gasteiger partial charge in [0.15, 0.2) is 0 Å². The summed E-state index contributed by atoms with van der Waals surface area (Å²) in [5, 5.41) is 8.66. The highest BCUT2D eigenvalue weighted by Crippen LogP contribution is 2.27. The zero-order chi connectivity index (χ0) is 24.2. The van der Waals surface area contributed by atoms with Gasteiger partial charge in [-0.15, -0.1) is 0 Å². The van der Waals surface area contributed by atoms with E-state index >= 15 is 0 Å². The van der Waals surface area contributed by atoms with Crippen LogP contribution in [0.15, 0.2) is 66.7 Å². The second kappa shape index (κ2) is 13.5. The van der Waals surface area contributed by atoms with Crippen LogP contribution in [0.2, 0.25) is 0 Å². The maximum Gasteiger partial charge on any atom is 0.146 e. The van der Waals surface area contributed by atoms with Crippen LogP contribution in [0.25, 0.3) is 11.1 Å². The Morgan fingerprint density at radius 3 is 2.09 bits per heavy atom. The van der Waals surface area contributed by atoms with Crippen LogP contribution >= 0.6 is 25.3 Å². The molecule has 0 bridgehead atoms. The number of nitriles is 1. The second-order valence-electron chi connectivity index (χ2n) is 7.03. The van der Waals surface area contributed by atoms with E-state index < -0.39 is 5.82 Å². The zero-order valence-corrected chi connectivity index (χ0v) is 19.9. The molecule has 0 heterocycles. The van der Waals surface area contributed by atoms with Gasteiger partial charge < -0.3 is 4.74 Å². The van der Waals surface area contributed by atoms with E-state index in [0.29, 0.717) is 12.0 Å². The first-order valence-corrected chi connectivity index (χ1v) is 11.3. The summed E-state index contributed by atoms with van der Waals surface area (Å²) in [6.45, 7) is 0. The van der Waals surface area contributed by atoms with Gasteiger partial charge in [0.25, 0.3) is 0 Å². The minimum absolute atomic E-state index is 0.0531. The average molecular weight is 482 g/mol. The van der Waals surface area contributed by atoms with Crippen LogP contribution in [-0.2, 0) is 22.4 Å². The number of carbonyl (C=O) groups excluding carboxylic acids is 2. The molecular formula is C26H24FNO3S2. The lowest BCUT2D eigenvalue weighted by Crippen LogP contribution is -2.06. The van der Waals surface area contributed by atoms with Crippen LogP contribution in [-0.4, -0.2) is 30.2 Å². The third-order valence-electron chi connectivity index (χ3n) is 4.73. The Morgan fingerprint density at radius 2 is 1.52 bits per heavy atom. The highest BCUT2D eigenvalue weighted by Gasteiger charge is 2.11. The molecule has 3 aromatic rings. The monoisotopic (exact) mass is 481 g/mol. The molecule has 0 aromatic heterocycles. The largest absolute Gasteiger partial charge is 0.496 e. The summed E-state index contributed by atoms with van der Waals surface area (Å²) >= 11 is 7.82. The highest BCUT2D eigenvalue weighted by molar-refractivity contribution is 7.81. The molecule has 0 spiro atoms. The fourth-order valence-electron chi connectivity index (χ4n) is 3.10. The Morgan fingerprint density at radius 1 is 0.879 bits per heavy atom. The predicted molar refractivity (Wildman–Crippen MR) is 135 cm³/mol. The highest BCUT2D eigenvalue weighted by atomic mass is 32.1. The lowest BCUT2D eigenvalue weighted by atomic mass is 10.00. The number of Topliss-reactive ketones (excluding diaryl/α,β-unsaturated/α-hetero) is 2. The molecule has 0 aliphatic carbocycles. The van der Waals surface area contributed by atoms with Crippen LogP contribution in [0.1, 0.15) is 16.7 Å². The van der Waals surface area contributed by atoms with Gasteiger partial charge in [0, 0.05) is 29.9 Å². The molecule has 0 N–H and O–H groups in total. The third-order valence-corrected chi connectivity index (χ3v) is 5.43. The zero-order valence-electron chi connectivity index (χ0n) is 18.1. The summed E-state index contributed by atoms with van der Waals surface area (Å²) in [5.74, 6) is 0.467. The average Bonchev–Trinajstić information content (AvgIpc) is 2.85. The number of ether oxygens (including phenoxy) is 1. The minimum atomic E-state index is -0.586. The molecule has 0 saturated carbocycles. The van der Waals surface area contributed by atoms with Crippen molar-refractivity contribution >= 4 is 36.8 Å². The molecule has 0 atom stereocenters. The molecule has 0 aliphatic rings. The van der Waals surface area contributed by atoms with Crippen molar-refractivity contribution in [2.24, 2.45) is 0 Å². The Kier molecular flexibility index (Phi) is 10.7. The van der Waals surface area contributed by atoms with Crippen molar-refractivity contribution in [3.8, 4) is 22.9 Å². The summed E-state index contributed by atoms with van der Waals surface area (Å²) in [5.41, 5.74) is 3.49. The molecule has 33 heavy (non-hydrogen) atoms. The van der Waals surface area contributed by atoms with Crippen molar-refractivity contribution in [3.05, 3.63) is 89.2 Å². The van der Waals surface area contributed by atoms with E-state index in [0.717, 1.165) is 22.4 Å². The number of methoxy groups -OCH3 is 1. The summed E-state index contributed by atoms with van der Waals surface area (Å²) < 4.78 is 18.4. The van der Waals surface area contributed by atoms with Gasteiger partial charge in [0.1, 0.15) is 29.2 Å². The van der Waals surface area contributed by atoms with Crippen LogP contribution < -0.4 is 4.74 Å². The van der Waals surface area contributed by atoms with E-state index in [9.17, 15) is 14.0 Å². The fraction of sp³-hybridized carbons (Fsp3) is 0.192. The normalized spacial score (nSPS) is 9.91. The van der Waals surface area contributed by atoms with Crippen molar-refractivity contribution in [2.75, 3.05) is 18.6 Å². The molecule has 0 saturated heterocycles. The number of halogens is 1. The van der Waals surface area contributed by atoms with Gasteiger partial charge in [-0.1, -0.05) is 48.5 Å². The first-order valence-electron chi connectivity index (χ1n) is 10.1. The van der Waals surface area contributed by atoms with Gasteiger partial charge in [-0.05, 0) is 34.9 Å². The van der Waals surface area contributed by atoms with Gasteiger partial charge in [0.05, 0.1) is 12.7 Å². The number of ketones is 2. The van der Waals surface area contributed by atoms with Crippen molar-refractivity contribution in [1.82, 2.24) is 0 Å². The summed E-state index contributed by atoms with van der Waals surface area (Å²) in [6.07, 6.45) is 0.414. The van der Waals surface area contributed by atoms with Crippen molar-refractivity contribution < 1.29 is 18.7 Å². The Balaban J connectivity index is 0.000000245. The molecule has 7 heteroatoms. The molecular weight excluding hydrogens is 457 g/mol. The number of carbonyl (C=O) groups is 2. The Hall–Kier alpha value is -3.08. The third kappa shape index (κ3) is 7.77. The van der Waals surface area contributed by atoms with E-state index in [1.807, 2.05) is 48.5 Å². The number of hydrogen-bond acceptors (Lipinski definition) is 6. The topological polar surface area (TPSA) is 67.2 Å². The lowest BCUT2D eigenvalue weighted by Gasteiger charge is -2.10. The first kappa shape index (κ1) is 26.2. The van der Waals surface area contributed by atoms with Gasteiger partial charge in [-0.2, -0.15) is 30.5 Å². The van der Waals surface area contributed by atoms with Crippen LogP contribution in [0, 0.1) is 17.1 Å². The molecule has 3 aromatic carbocycles. The summed E-state index contributed by atoms with van der Waals surface area (Å²) in [4.78, 5) is 22.6. The Bertz CT molecular complexity index is 1140. The molecule has 0 aliphatic heterocycles. The summed E-state index contributed by atoms with van der Waals surface area (Å²) in [6, 6.07) is 22.0. The van der Waals surface area contributed by atoms with Gasteiger partial charge in [-0.3, -0.25) is 9.59 Å². The minimum Gasteiger partial charge on any atom is -0.496 e. The van der Waals surface area contributed by atoms with E-state index in [-0.39, 0.29) is 35.1 Å². The Labute approximate surface area is 204 Å². The smallest absolute Gasteiger partial charge is 0.146 e. The first-order chi connectivity index (χ1) is 15.9. The second-order valence-corrected chi connectivity index (χ2v) is 7.66. The summed E-state index contributed by atoms with van der Waals surface area (Å²) in [7, 11) is 1.62. The maximum atomic E-state index is 13.1. The molecule has 170 valence electrons. The number of nitrogens with zero attached hydrogens (tertiary/aromatic N) is 1. The predicted octanol–water partition coefficient (Wildman–Crippen LogP) is 5.14. The quantitative estimate of drug-likeness (QED) is 0.437. The van der Waals surface area contributed by atoms with Crippen molar-refractivity contribution in [3.63, 3.8) is 0 Å². The standard InChI is InChI=1S/C16H16O2S.C10H8FNOS/c1-18-16-8-7-13(12-5-3-2-4-6-12)9-14(16)10-15(17)11-19;11-10-3-1-2-7(9(10)5-12)4-8(13)6-14/h2-9,19H,10-11H2,1H3;1-3,14H,4,6H2. The van der Waals surface area contributed by atoms with Crippen LogP contribution in [0.4, 0.5) is 4.39 Å². The molecule has 0 amide bonds. The van der Waals surface area contributed by atoms with Crippen molar-refractivity contribution in [2.45, 2.75) is 12.8 Å². The van der Waals surface area contributed by atoms with Crippen LogP contribution in [0.3, 0.4) is 0 Å². The fourth-order valence-corrected chi connectivity index (χ4v) is 3.33. The van der Waals surface area contributed by atoms with Gasteiger partial charge in [-0.25, -0.2) is 4.39 Å².